The van der Waals surface area contributed by atoms with E-state index in [1.807, 2.05) is 41.8 Å². The minimum Gasteiger partial charge on any atom is -0.454 e. The van der Waals surface area contributed by atoms with Gasteiger partial charge in [0.1, 0.15) is 6.04 Å². The van der Waals surface area contributed by atoms with Crippen molar-refractivity contribution in [3.63, 3.8) is 0 Å². The van der Waals surface area contributed by atoms with E-state index in [1.165, 1.54) is 9.78 Å². The standard InChI is InChI=1S/C25H23ClN2O4S/c26-21-10-4-3-9-20(21)24(30)28-15-18-7-2-1-6-17(18)14-22(28)25(31)32-16-23(29)27-12-11-19-8-5-13-33-19/h1-10,13,22H,11-12,14-16H2,(H,27,29). The number of thiophene rings is 1. The molecule has 1 unspecified atom stereocenters. The summed E-state index contributed by atoms with van der Waals surface area (Å²) in [5, 5.41) is 5.06. The number of nitrogens with one attached hydrogen (secondary N) is 1. The number of esters is 1. The molecule has 0 radical (unpaired) electrons. The van der Waals surface area contributed by atoms with Crippen LogP contribution in [0.1, 0.15) is 26.4 Å². The summed E-state index contributed by atoms with van der Waals surface area (Å²) in [7, 11) is 0. The van der Waals surface area contributed by atoms with Gasteiger partial charge in [-0.2, -0.15) is 0 Å². The van der Waals surface area contributed by atoms with E-state index in [1.54, 1.807) is 35.6 Å². The van der Waals surface area contributed by atoms with Crippen LogP contribution in [0.15, 0.2) is 66.0 Å². The molecule has 2 aromatic carbocycles. The molecule has 0 bridgehead atoms. The van der Waals surface area contributed by atoms with Crippen LogP contribution in [0.2, 0.25) is 5.02 Å². The van der Waals surface area contributed by atoms with Gasteiger partial charge in [0.25, 0.3) is 11.8 Å². The monoisotopic (exact) mass is 482 g/mol. The van der Waals surface area contributed by atoms with Gasteiger partial charge in [-0.15, -0.1) is 11.3 Å². The number of rotatable bonds is 7. The van der Waals surface area contributed by atoms with Crippen molar-refractivity contribution in [2.75, 3.05) is 13.2 Å². The number of carbonyl (C=O) groups is 3. The minimum absolute atomic E-state index is 0.257. The Balaban J connectivity index is 1.42. The highest BCUT2D eigenvalue weighted by Gasteiger charge is 2.36. The number of nitrogens with zero attached hydrogens (tertiary/aromatic N) is 1. The number of benzene rings is 2. The van der Waals surface area contributed by atoms with Gasteiger partial charge in [-0.25, -0.2) is 4.79 Å². The largest absolute Gasteiger partial charge is 0.454 e. The molecule has 1 aromatic heterocycles. The predicted octanol–water partition coefficient (Wildman–Crippen LogP) is 3.87. The Kier molecular flexibility index (Phi) is 7.42. The highest BCUT2D eigenvalue weighted by Crippen LogP contribution is 2.27. The maximum atomic E-state index is 13.3. The molecule has 0 aliphatic carbocycles. The summed E-state index contributed by atoms with van der Waals surface area (Å²) in [6, 6.07) is 17.5. The van der Waals surface area contributed by atoms with E-state index in [0.717, 1.165) is 17.5 Å². The molecule has 33 heavy (non-hydrogen) atoms. The molecule has 1 aliphatic heterocycles. The van der Waals surface area contributed by atoms with Crippen LogP contribution in [-0.4, -0.2) is 41.9 Å². The molecular weight excluding hydrogens is 460 g/mol. The zero-order chi connectivity index (χ0) is 23.2. The van der Waals surface area contributed by atoms with Crippen LogP contribution in [0.25, 0.3) is 0 Å². The topological polar surface area (TPSA) is 75.7 Å². The zero-order valence-electron chi connectivity index (χ0n) is 17.8. The van der Waals surface area contributed by atoms with Crippen LogP contribution in [0, 0.1) is 0 Å². The summed E-state index contributed by atoms with van der Waals surface area (Å²) >= 11 is 7.86. The first kappa shape index (κ1) is 23.0. The normalized spacial score (nSPS) is 14.9. The maximum absolute atomic E-state index is 13.3. The zero-order valence-corrected chi connectivity index (χ0v) is 19.4. The van der Waals surface area contributed by atoms with E-state index in [4.69, 9.17) is 16.3 Å². The molecule has 170 valence electrons. The average Bonchev–Trinajstić information content (AvgIpc) is 3.35. The first-order valence-electron chi connectivity index (χ1n) is 10.6. The predicted molar refractivity (Wildman–Crippen MR) is 127 cm³/mol. The lowest BCUT2D eigenvalue weighted by molar-refractivity contribution is -0.153. The fourth-order valence-corrected chi connectivity index (χ4v) is 4.73. The van der Waals surface area contributed by atoms with Crippen molar-refractivity contribution in [2.24, 2.45) is 0 Å². The molecule has 6 nitrogen and oxygen atoms in total. The first-order valence-corrected chi connectivity index (χ1v) is 11.9. The molecule has 1 N–H and O–H groups in total. The van der Waals surface area contributed by atoms with E-state index in [2.05, 4.69) is 5.32 Å². The summed E-state index contributed by atoms with van der Waals surface area (Å²) in [5.74, 6) is -1.34. The van der Waals surface area contributed by atoms with Crippen molar-refractivity contribution in [1.82, 2.24) is 10.2 Å². The molecule has 1 atom stereocenters. The molecule has 0 spiro atoms. The third kappa shape index (κ3) is 5.61. The summed E-state index contributed by atoms with van der Waals surface area (Å²) in [6.07, 6.45) is 1.03. The Labute approximate surface area is 201 Å². The number of halogens is 1. The molecule has 1 aliphatic rings. The van der Waals surface area contributed by atoms with Crippen molar-refractivity contribution < 1.29 is 19.1 Å². The quantitative estimate of drug-likeness (QED) is 0.519. The van der Waals surface area contributed by atoms with Crippen LogP contribution < -0.4 is 5.32 Å². The molecule has 0 saturated heterocycles. The number of amides is 2. The van der Waals surface area contributed by atoms with Crippen molar-refractivity contribution >= 4 is 40.7 Å². The number of fused-ring (bicyclic) bond motifs is 1. The van der Waals surface area contributed by atoms with Gasteiger partial charge in [0.2, 0.25) is 0 Å². The van der Waals surface area contributed by atoms with Crippen LogP contribution in [0.3, 0.4) is 0 Å². The smallest absolute Gasteiger partial charge is 0.329 e. The van der Waals surface area contributed by atoms with Gasteiger partial charge in [0, 0.05) is 24.4 Å². The molecule has 2 amide bonds. The van der Waals surface area contributed by atoms with Crippen molar-refractivity contribution in [1.29, 1.82) is 0 Å². The third-order valence-corrected chi connectivity index (χ3v) is 6.77. The highest BCUT2D eigenvalue weighted by atomic mass is 35.5. The molecule has 0 saturated carbocycles. The summed E-state index contributed by atoms with van der Waals surface area (Å²) in [5.41, 5.74) is 2.26. The Morgan fingerprint density at radius 2 is 1.79 bits per heavy atom. The highest BCUT2D eigenvalue weighted by molar-refractivity contribution is 7.09. The van der Waals surface area contributed by atoms with Crippen LogP contribution in [0.5, 0.6) is 0 Å². The number of carbonyl (C=O) groups excluding carboxylic acids is 3. The van der Waals surface area contributed by atoms with Crippen molar-refractivity contribution in [3.05, 3.63) is 92.6 Å². The Morgan fingerprint density at radius 1 is 1.03 bits per heavy atom. The lowest BCUT2D eigenvalue weighted by Crippen LogP contribution is -2.50. The van der Waals surface area contributed by atoms with Gasteiger partial charge in [-0.3, -0.25) is 9.59 Å². The Bertz CT molecular complexity index is 1150. The maximum Gasteiger partial charge on any atom is 0.329 e. The molecule has 0 fully saturated rings. The Morgan fingerprint density at radius 3 is 2.55 bits per heavy atom. The second-order valence-corrected chi connectivity index (χ2v) is 9.13. The SMILES string of the molecule is O=C(COC(=O)C1Cc2ccccc2CN1C(=O)c1ccccc1Cl)NCCc1cccs1. The molecule has 2 heterocycles. The fourth-order valence-electron chi connectivity index (χ4n) is 3.80. The van der Waals surface area contributed by atoms with E-state index in [-0.39, 0.29) is 18.4 Å². The number of hydrogen-bond donors (Lipinski definition) is 1. The number of hydrogen-bond acceptors (Lipinski definition) is 5. The number of ether oxygens (including phenoxy) is 1. The summed E-state index contributed by atoms with van der Waals surface area (Å²) in [6.45, 7) is 0.327. The third-order valence-electron chi connectivity index (χ3n) is 5.50. The molecule has 3 aromatic rings. The van der Waals surface area contributed by atoms with Crippen molar-refractivity contribution in [3.8, 4) is 0 Å². The first-order chi connectivity index (χ1) is 16.0. The summed E-state index contributed by atoms with van der Waals surface area (Å²) < 4.78 is 5.32. The van der Waals surface area contributed by atoms with Crippen molar-refractivity contribution in [2.45, 2.75) is 25.4 Å². The van der Waals surface area contributed by atoms with Gasteiger partial charge in [0.15, 0.2) is 6.61 Å². The van der Waals surface area contributed by atoms with Crippen LogP contribution in [0.4, 0.5) is 0 Å². The van der Waals surface area contributed by atoms with E-state index in [0.29, 0.717) is 23.6 Å². The van der Waals surface area contributed by atoms with Crippen LogP contribution >= 0.6 is 22.9 Å². The molecule has 4 rings (SSSR count). The van der Waals surface area contributed by atoms with Gasteiger partial charge in [-0.05, 0) is 41.1 Å². The average molecular weight is 483 g/mol. The lowest BCUT2D eigenvalue weighted by Gasteiger charge is -2.35. The minimum atomic E-state index is -0.845. The fraction of sp³-hybridized carbons (Fsp3) is 0.240. The van der Waals surface area contributed by atoms with Gasteiger partial charge in [-0.1, -0.05) is 54.1 Å². The molecule has 8 heteroatoms. The van der Waals surface area contributed by atoms with Crippen LogP contribution in [-0.2, 0) is 33.7 Å². The lowest BCUT2D eigenvalue weighted by atomic mass is 9.93. The Hall–Kier alpha value is -3.16. The molecular formula is C25H23ClN2O4S. The van der Waals surface area contributed by atoms with Gasteiger partial charge in [0.05, 0.1) is 10.6 Å². The summed E-state index contributed by atoms with van der Waals surface area (Å²) in [4.78, 5) is 41.1. The van der Waals surface area contributed by atoms with E-state index < -0.39 is 18.6 Å². The van der Waals surface area contributed by atoms with E-state index >= 15 is 0 Å². The van der Waals surface area contributed by atoms with Gasteiger partial charge < -0.3 is 15.0 Å². The second-order valence-electron chi connectivity index (χ2n) is 7.69. The van der Waals surface area contributed by atoms with E-state index in [9.17, 15) is 14.4 Å². The second kappa shape index (κ2) is 10.6. The van der Waals surface area contributed by atoms with Gasteiger partial charge >= 0.3 is 5.97 Å².